The number of nitrogens with two attached hydrogens (primary N) is 1. The summed E-state index contributed by atoms with van der Waals surface area (Å²) in [5.41, 5.74) is 6.25. The van der Waals surface area contributed by atoms with Gasteiger partial charge in [0.05, 0.1) is 7.11 Å². The Kier molecular flexibility index (Phi) is 4.63. The molecule has 0 saturated heterocycles. The third kappa shape index (κ3) is 3.59. The average Bonchev–Trinajstić information content (AvgIpc) is 2.26. The molecule has 0 atom stereocenters. The second kappa shape index (κ2) is 6.03. The van der Waals surface area contributed by atoms with E-state index in [2.05, 4.69) is 4.99 Å². The lowest BCUT2D eigenvalue weighted by Crippen LogP contribution is -2.00. The second-order valence-corrected chi connectivity index (χ2v) is 3.11. The van der Waals surface area contributed by atoms with Crippen LogP contribution in [0.1, 0.15) is 12.0 Å². The Morgan fingerprint density at radius 3 is 3.00 bits per heavy atom. The number of nitrogens with zero attached hydrogens (tertiary/aromatic N) is 1. The monoisotopic (exact) mass is 208 g/mol. The molecule has 0 aliphatic heterocycles. The van der Waals surface area contributed by atoms with Gasteiger partial charge >= 0.3 is 0 Å². The van der Waals surface area contributed by atoms with Crippen molar-refractivity contribution in [1.82, 2.24) is 0 Å². The number of methoxy groups -OCH3 is 1. The van der Waals surface area contributed by atoms with Gasteiger partial charge < -0.3 is 15.6 Å². The molecule has 0 spiro atoms. The van der Waals surface area contributed by atoms with Crippen LogP contribution in [-0.2, 0) is 0 Å². The molecule has 3 N–H and O–H groups in total. The molecule has 0 radical (unpaired) electrons. The van der Waals surface area contributed by atoms with E-state index in [1.165, 1.54) is 7.11 Å². The molecular weight excluding hydrogens is 192 g/mol. The van der Waals surface area contributed by atoms with Crippen molar-refractivity contribution >= 4 is 6.21 Å². The summed E-state index contributed by atoms with van der Waals surface area (Å²) in [6.07, 6.45) is 2.63. The van der Waals surface area contributed by atoms with Gasteiger partial charge in [0.2, 0.25) is 0 Å². The first kappa shape index (κ1) is 11.5. The van der Waals surface area contributed by atoms with Gasteiger partial charge in [-0.1, -0.05) is 0 Å². The summed E-state index contributed by atoms with van der Waals surface area (Å²) in [6, 6.07) is 5.11. The fourth-order valence-electron chi connectivity index (χ4n) is 1.13. The fraction of sp³-hybridized carbons (Fsp3) is 0.364. The van der Waals surface area contributed by atoms with E-state index in [1.54, 1.807) is 24.4 Å². The van der Waals surface area contributed by atoms with Crippen LogP contribution in [0, 0.1) is 0 Å². The fourth-order valence-corrected chi connectivity index (χ4v) is 1.13. The first-order valence-electron chi connectivity index (χ1n) is 4.85. The normalized spacial score (nSPS) is 10.8. The third-order valence-electron chi connectivity index (χ3n) is 1.94. The largest absolute Gasteiger partial charge is 0.504 e. The quantitative estimate of drug-likeness (QED) is 0.563. The van der Waals surface area contributed by atoms with Crippen LogP contribution in [0.4, 0.5) is 0 Å². The Labute approximate surface area is 89.4 Å². The molecule has 1 aromatic rings. The molecule has 0 aromatic heterocycles. The predicted octanol–water partition coefficient (Wildman–Crippen LogP) is 1.17. The number of benzene rings is 1. The molecular formula is C11H16N2O2. The van der Waals surface area contributed by atoms with E-state index < -0.39 is 0 Å². The lowest BCUT2D eigenvalue weighted by Gasteiger charge is -2.03. The van der Waals surface area contributed by atoms with E-state index in [0.717, 1.165) is 18.5 Å². The van der Waals surface area contributed by atoms with Crippen LogP contribution in [0.15, 0.2) is 23.2 Å². The van der Waals surface area contributed by atoms with Crippen LogP contribution < -0.4 is 10.5 Å². The van der Waals surface area contributed by atoms with E-state index in [4.69, 9.17) is 10.5 Å². The van der Waals surface area contributed by atoms with Crippen LogP contribution in [0.25, 0.3) is 0 Å². The highest BCUT2D eigenvalue weighted by atomic mass is 16.5. The SMILES string of the molecule is COc1cc(C=NCCCN)ccc1O. The van der Waals surface area contributed by atoms with Crippen molar-refractivity contribution in [3.63, 3.8) is 0 Å². The molecule has 0 saturated carbocycles. The van der Waals surface area contributed by atoms with E-state index in [0.29, 0.717) is 12.3 Å². The van der Waals surface area contributed by atoms with Crippen LogP contribution in [-0.4, -0.2) is 31.5 Å². The predicted molar refractivity (Wildman–Crippen MR) is 60.8 cm³/mol. The Hall–Kier alpha value is -1.55. The van der Waals surface area contributed by atoms with Gasteiger partial charge in [-0.05, 0) is 36.7 Å². The highest BCUT2D eigenvalue weighted by Gasteiger charge is 2.00. The van der Waals surface area contributed by atoms with E-state index in [-0.39, 0.29) is 5.75 Å². The van der Waals surface area contributed by atoms with Gasteiger partial charge in [0.1, 0.15) is 0 Å². The van der Waals surface area contributed by atoms with Crippen molar-refractivity contribution in [2.45, 2.75) is 6.42 Å². The van der Waals surface area contributed by atoms with Gasteiger partial charge in [0.25, 0.3) is 0 Å². The van der Waals surface area contributed by atoms with Crippen molar-refractivity contribution in [3.05, 3.63) is 23.8 Å². The minimum atomic E-state index is 0.136. The number of hydrogen-bond acceptors (Lipinski definition) is 4. The Morgan fingerprint density at radius 1 is 1.53 bits per heavy atom. The molecule has 0 aliphatic rings. The Morgan fingerprint density at radius 2 is 2.33 bits per heavy atom. The Balaban J connectivity index is 2.65. The number of aromatic hydroxyl groups is 1. The van der Waals surface area contributed by atoms with Crippen molar-refractivity contribution in [2.24, 2.45) is 10.7 Å². The molecule has 0 heterocycles. The molecule has 1 aromatic carbocycles. The standard InChI is InChI=1S/C11H16N2O2/c1-15-11-7-9(3-4-10(11)14)8-13-6-2-5-12/h3-4,7-8,14H,2,5-6,12H2,1H3. The van der Waals surface area contributed by atoms with E-state index in [1.807, 2.05) is 0 Å². The number of rotatable bonds is 5. The average molecular weight is 208 g/mol. The first-order chi connectivity index (χ1) is 7.27. The van der Waals surface area contributed by atoms with Gasteiger partial charge in [0, 0.05) is 12.8 Å². The molecule has 15 heavy (non-hydrogen) atoms. The summed E-state index contributed by atoms with van der Waals surface area (Å²) in [5, 5.41) is 9.36. The maximum absolute atomic E-state index is 9.36. The van der Waals surface area contributed by atoms with Crippen LogP contribution >= 0.6 is 0 Å². The number of hydrogen-bond donors (Lipinski definition) is 2. The lowest BCUT2D eigenvalue weighted by atomic mass is 10.2. The molecule has 0 bridgehead atoms. The molecule has 0 fully saturated rings. The number of aliphatic imine (C=N–C) groups is 1. The summed E-state index contributed by atoms with van der Waals surface area (Å²) < 4.78 is 4.98. The maximum atomic E-state index is 9.36. The molecule has 4 nitrogen and oxygen atoms in total. The van der Waals surface area contributed by atoms with Crippen LogP contribution in [0.5, 0.6) is 11.5 Å². The van der Waals surface area contributed by atoms with Gasteiger partial charge in [-0.25, -0.2) is 0 Å². The zero-order chi connectivity index (χ0) is 11.1. The van der Waals surface area contributed by atoms with Gasteiger partial charge in [-0.2, -0.15) is 0 Å². The van der Waals surface area contributed by atoms with Gasteiger partial charge in [-0.15, -0.1) is 0 Å². The van der Waals surface area contributed by atoms with Crippen molar-refractivity contribution in [2.75, 3.05) is 20.2 Å². The second-order valence-electron chi connectivity index (χ2n) is 3.11. The Bertz CT molecular complexity index is 337. The molecule has 0 aliphatic carbocycles. The molecule has 0 unspecified atom stereocenters. The number of ether oxygens (including phenoxy) is 1. The number of phenolic OH excluding ortho intramolecular Hbond substituents is 1. The van der Waals surface area contributed by atoms with Crippen LogP contribution in [0.2, 0.25) is 0 Å². The highest BCUT2D eigenvalue weighted by molar-refractivity contribution is 5.80. The summed E-state index contributed by atoms with van der Waals surface area (Å²) >= 11 is 0. The minimum Gasteiger partial charge on any atom is -0.504 e. The first-order valence-corrected chi connectivity index (χ1v) is 4.85. The van der Waals surface area contributed by atoms with Gasteiger partial charge in [0.15, 0.2) is 11.5 Å². The maximum Gasteiger partial charge on any atom is 0.161 e. The van der Waals surface area contributed by atoms with Crippen molar-refractivity contribution in [3.8, 4) is 11.5 Å². The smallest absolute Gasteiger partial charge is 0.161 e. The van der Waals surface area contributed by atoms with Crippen LogP contribution in [0.3, 0.4) is 0 Å². The molecule has 0 amide bonds. The zero-order valence-corrected chi connectivity index (χ0v) is 8.81. The topological polar surface area (TPSA) is 67.8 Å². The third-order valence-corrected chi connectivity index (χ3v) is 1.94. The number of phenols is 1. The minimum absolute atomic E-state index is 0.136. The summed E-state index contributed by atoms with van der Waals surface area (Å²) in [5.74, 6) is 0.592. The van der Waals surface area contributed by atoms with E-state index >= 15 is 0 Å². The van der Waals surface area contributed by atoms with E-state index in [9.17, 15) is 5.11 Å². The lowest BCUT2D eigenvalue weighted by molar-refractivity contribution is 0.373. The molecule has 4 heteroatoms. The summed E-state index contributed by atoms with van der Waals surface area (Å²) in [7, 11) is 1.52. The molecule has 82 valence electrons. The molecule has 1 rings (SSSR count). The zero-order valence-electron chi connectivity index (χ0n) is 8.81. The van der Waals surface area contributed by atoms with Crippen molar-refractivity contribution < 1.29 is 9.84 Å². The highest BCUT2D eigenvalue weighted by Crippen LogP contribution is 2.25. The summed E-state index contributed by atoms with van der Waals surface area (Å²) in [6.45, 7) is 1.37. The van der Waals surface area contributed by atoms with Gasteiger partial charge in [-0.3, -0.25) is 4.99 Å². The summed E-state index contributed by atoms with van der Waals surface area (Å²) in [4.78, 5) is 4.19. The van der Waals surface area contributed by atoms with Crippen molar-refractivity contribution in [1.29, 1.82) is 0 Å².